The van der Waals surface area contributed by atoms with Crippen LogP contribution in [0.2, 0.25) is 0 Å². The van der Waals surface area contributed by atoms with Crippen LogP contribution < -0.4 is 5.32 Å². The molecule has 0 saturated carbocycles. The molecule has 0 fully saturated rings. The second-order valence-electron chi connectivity index (χ2n) is 7.43. The summed E-state index contributed by atoms with van der Waals surface area (Å²) in [6.07, 6.45) is 0. The topological polar surface area (TPSA) is 96.0 Å². The molecule has 32 heavy (non-hydrogen) atoms. The zero-order valence-corrected chi connectivity index (χ0v) is 18.5. The first-order valence-electron chi connectivity index (χ1n) is 10.6. The van der Waals surface area contributed by atoms with Gasteiger partial charge in [0, 0.05) is 12.2 Å². The van der Waals surface area contributed by atoms with Gasteiger partial charge in [0.1, 0.15) is 12.6 Å². The lowest BCUT2D eigenvalue weighted by Crippen LogP contribution is -2.45. The van der Waals surface area contributed by atoms with Gasteiger partial charge in [-0.05, 0) is 56.4 Å². The maximum absolute atomic E-state index is 12.7. The number of carbonyl (C=O) groups is 4. The lowest BCUT2D eigenvalue weighted by molar-refractivity contribution is -0.119. The summed E-state index contributed by atoms with van der Waals surface area (Å²) in [6, 6.07) is 11.8. The molecular weight excluding hydrogens is 410 g/mol. The number of esters is 1. The fourth-order valence-electron chi connectivity index (χ4n) is 3.50. The van der Waals surface area contributed by atoms with Crippen molar-refractivity contribution in [3.63, 3.8) is 0 Å². The second-order valence-corrected chi connectivity index (χ2v) is 7.43. The number of imide groups is 1. The number of fused-ring (bicyclic) bond motifs is 1. The number of amides is 3. The van der Waals surface area contributed by atoms with Crippen LogP contribution in [0.5, 0.6) is 0 Å². The summed E-state index contributed by atoms with van der Waals surface area (Å²) in [6.45, 7) is 8.35. The fourth-order valence-corrected chi connectivity index (χ4v) is 3.50. The van der Waals surface area contributed by atoms with E-state index in [1.807, 2.05) is 13.8 Å². The van der Waals surface area contributed by atoms with Gasteiger partial charge in [0.15, 0.2) is 0 Å². The molecule has 1 heterocycles. The number of anilines is 1. The number of nitrogens with zero attached hydrogens (tertiary/aromatic N) is 2. The van der Waals surface area contributed by atoms with Crippen molar-refractivity contribution in [1.82, 2.24) is 9.80 Å². The number of ether oxygens (including phenoxy) is 1. The average Bonchev–Trinajstić information content (AvgIpc) is 3.06. The minimum absolute atomic E-state index is 0.293. The van der Waals surface area contributed by atoms with E-state index in [-0.39, 0.29) is 0 Å². The van der Waals surface area contributed by atoms with Crippen molar-refractivity contribution in [1.29, 1.82) is 0 Å². The van der Waals surface area contributed by atoms with Crippen LogP contribution in [-0.2, 0) is 9.53 Å². The number of benzene rings is 2. The molecule has 0 radical (unpaired) electrons. The standard InChI is InChI=1S/C24H27N3O5/c1-4-26(5-2)14-15-32-24(31)17-10-12-18(13-11-17)25-21(28)16(3)27-22(29)19-8-6-7-9-20(19)23(27)30/h6-13,16H,4-5,14-15H2,1-3H3,(H,25,28). The molecule has 0 saturated heterocycles. The predicted octanol–water partition coefficient (Wildman–Crippen LogP) is 2.81. The number of hydrogen-bond donors (Lipinski definition) is 1. The average molecular weight is 437 g/mol. The van der Waals surface area contributed by atoms with Crippen molar-refractivity contribution in [3.8, 4) is 0 Å². The Morgan fingerprint density at radius 2 is 1.53 bits per heavy atom. The minimum atomic E-state index is -0.993. The van der Waals surface area contributed by atoms with Gasteiger partial charge in [-0.15, -0.1) is 0 Å². The molecule has 0 spiro atoms. The van der Waals surface area contributed by atoms with Crippen LogP contribution >= 0.6 is 0 Å². The first kappa shape index (κ1) is 23.1. The van der Waals surface area contributed by atoms with E-state index in [2.05, 4.69) is 10.2 Å². The van der Waals surface area contributed by atoms with Gasteiger partial charge < -0.3 is 15.0 Å². The fraction of sp³-hybridized carbons (Fsp3) is 0.333. The van der Waals surface area contributed by atoms with Gasteiger partial charge in [0.2, 0.25) is 5.91 Å². The highest BCUT2D eigenvalue weighted by atomic mass is 16.5. The number of hydrogen-bond acceptors (Lipinski definition) is 6. The summed E-state index contributed by atoms with van der Waals surface area (Å²) < 4.78 is 5.29. The first-order chi connectivity index (χ1) is 15.4. The van der Waals surface area contributed by atoms with Crippen molar-refractivity contribution in [3.05, 3.63) is 65.2 Å². The van der Waals surface area contributed by atoms with Gasteiger partial charge in [0.25, 0.3) is 11.8 Å². The molecule has 3 rings (SSSR count). The Kier molecular flexibility index (Phi) is 7.37. The molecule has 1 N–H and O–H groups in total. The molecule has 0 bridgehead atoms. The third-order valence-corrected chi connectivity index (χ3v) is 5.52. The number of nitrogens with one attached hydrogen (secondary N) is 1. The van der Waals surface area contributed by atoms with Gasteiger partial charge in [-0.1, -0.05) is 26.0 Å². The molecular formula is C24H27N3O5. The molecule has 1 aliphatic rings. The summed E-state index contributed by atoms with van der Waals surface area (Å²) in [4.78, 5) is 53.1. The largest absolute Gasteiger partial charge is 0.461 e. The van der Waals surface area contributed by atoms with Crippen LogP contribution in [0.4, 0.5) is 5.69 Å². The lowest BCUT2D eigenvalue weighted by atomic mass is 10.1. The number of likely N-dealkylation sites (N-methyl/N-ethyl adjacent to an activating group) is 1. The molecule has 0 aliphatic carbocycles. The van der Waals surface area contributed by atoms with E-state index >= 15 is 0 Å². The Hall–Kier alpha value is -3.52. The molecule has 8 nitrogen and oxygen atoms in total. The van der Waals surface area contributed by atoms with E-state index in [4.69, 9.17) is 4.74 Å². The number of carbonyl (C=O) groups excluding carboxylic acids is 4. The van der Waals surface area contributed by atoms with E-state index in [1.165, 1.54) is 6.92 Å². The van der Waals surface area contributed by atoms with Crippen molar-refractivity contribution in [2.75, 3.05) is 31.6 Å². The van der Waals surface area contributed by atoms with Crippen molar-refractivity contribution >= 4 is 29.4 Å². The van der Waals surface area contributed by atoms with E-state index in [9.17, 15) is 19.2 Å². The summed E-state index contributed by atoms with van der Waals surface area (Å²) >= 11 is 0. The van der Waals surface area contributed by atoms with Gasteiger partial charge in [-0.25, -0.2) is 4.79 Å². The van der Waals surface area contributed by atoms with Gasteiger partial charge in [-0.2, -0.15) is 0 Å². The van der Waals surface area contributed by atoms with E-state index in [0.717, 1.165) is 18.0 Å². The molecule has 1 atom stereocenters. The second kappa shape index (κ2) is 10.2. The molecule has 168 valence electrons. The minimum Gasteiger partial charge on any atom is -0.461 e. The van der Waals surface area contributed by atoms with Crippen LogP contribution in [0.3, 0.4) is 0 Å². The Bertz CT molecular complexity index is 980. The van der Waals surface area contributed by atoms with E-state index < -0.39 is 29.7 Å². The predicted molar refractivity (Wildman–Crippen MR) is 120 cm³/mol. The SMILES string of the molecule is CCN(CC)CCOC(=O)c1ccc(NC(=O)C(C)N2C(=O)c3ccccc3C2=O)cc1. The highest BCUT2D eigenvalue weighted by Gasteiger charge is 2.40. The smallest absolute Gasteiger partial charge is 0.338 e. The van der Waals surface area contributed by atoms with Gasteiger partial charge in [0.05, 0.1) is 16.7 Å². The van der Waals surface area contributed by atoms with Crippen LogP contribution in [-0.4, -0.2) is 65.8 Å². The van der Waals surface area contributed by atoms with Crippen molar-refractivity contribution < 1.29 is 23.9 Å². The molecule has 8 heteroatoms. The molecule has 0 aromatic heterocycles. The Balaban J connectivity index is 1.57. The highest BCUT2D eigenvalue weighted by Crippen LogP contribution is 2.25. The molecule has 1 unspecified atom stereocenters. The molecule has 2 aromatic rings. The summed E-state index contributed by atoms with van der Waals surface area (Å²) in [7, 11) is 0. The quantitative estimate of drug-likeness (QED) is 0.479. The molecule has 3 amide bonds. The van der Waals surface area contributed by atoms with Crippen LogP contribution in [0.25, 0.3) is 0 Å². The third kappa shape index (κ3) is 4.86. The Labute approximate surface area is 187 Å². The zero-order valence-electron chi connectivity index (χ0n) is 18.5. The van der Waals surface area contributed by atoms with E-state index in [0.29, 0.717) is 35.5 Å². The molecule has 2 aromatic carbocycles. The summed E-state index contributed by atoms with van der Waals surface area (Å²) in [5, 5.41) is 2.68. The van der Waals surface area contributed by atoms with Gasteiger partial charge >= 0.3 is 5.97 Å². The lowest BCUT2D eigenvalue weighted by Gasteiger charge is -2.21. The number of rotatable bonds is 9. The third-order valence-electron chi connectivity index (χ3n) is 5.52. The monoisotopic (exact) mass is 437 g/mol. The first-order valence-corrected chi connectivity index (χ1v) is 10.6. The Morgan fingerprint density at radius 1 is 0.969 bits per heavy atom. The van der Waals surface area contributed by atoms with E-state index in [1.54, 1.807) is 48.5 Å². The maximum atomic E-state index is 12.7. The summed E-state index contributed by atoms with van der Waals surface area (Å²) in [5.41, 5.74) is 1.40. The molecule has 1 aliphatic heterocycles. The Morgan fingerprint density at radius 3 is 2.06 bits per heavy atom. The van der Waals surface area contributed by atoms with Crippen molar-refractivity contribution in [2.45, 2.75) is 26.8 Å². The highest BCUT2D eigenvalue weighted by molar-refractivity contribution is 6.23. The normalized spacial score (nSPS) is 13.8. The van der Waals surface area contributed by atoms with Crippen LogP contribution in [0.15, 0.2) is 48.5 Å². The van der Waals surface area contributed by atoms with Crippen LogP contribution in [0.1, 0.15) is 51.8 Å². The van der Waals surface area contributed by atoms with Crippen LogP contribution in [0, 0.1) is 0 Å². The van der Waals surface area contributed by atoms with Gasteiger partial charge in [-0.3, -0.25) is 19.3 Å². The van der Waals surface area contributed by atoms with Crippen molar-refractivity contribution in [2.24, 2.45) is 0 Å². The summed E-state index contributed by atoms with van der Waals surface area (Å²) in [5.74, 6) is -1.92. The zero-order chi connectivity index (χ0) is 23.3. The maximum Gasteiger partial charge on any atom is 0.338 e.